The van der Waals surface area contributed by atoms with Crippen LogP contribution in [0.4, 0.5) is 10.1 Å². The highest BCUT2D eigenvalue weighted by atomic mass is 19.1. The summed E-state index contributed by atoms with van der Waals surface area (Å²) >= 11 is 0. The quantitative estimate of drug-likeness (QED) is 0.681. The summed E-state index contributed by atoms with van der Waals surface area (Å²) in [5.41, 5.74) is 2.91. The Morgan fingerprint density at radius 3 is 3.04 bits per heavy atom. The van der Waals surface area contributed by atoms with E-state index in [1.54, 1.807) is 24.1 Å². The molecule has 1 aliphatic rings. The summed E-state index contributed by atoms with van der Waals surface area (Å²) in [6.07, 6.45) is 1.73. The zero-order chi connectivity index (χ0) is 16.1. The van der Waals surface area contributed by atoms with E-state index in [0.717, 1.165) is 11.4 Å². The van der Waals surface area contributed by atoms with Crippen LogP contribution in [0.15, 0.2) is 40.9 Å². The zero-order valence-corrected chi connectivity index (χ0v) is 12.8. The van der Waals surface area contributed by atoms with Gasteiger partial charge in [0.05, 0.1) is 11.4 Å². The second-order valence-electron chi connectivity index (χ2n) is 5.92. The minimum absolute atomic E-state index is 0.178. The van der Waals surface area contributed by atoms with Crippen molar-refractivity contribution < 1.29 is 13.6 Å². The molecule has 0 saturated heterocycles. The van der Waals surface area contributed by atoms with Crippen molar-refractivity contribution in [3.63, 3.8) is 0 Å². The van der Waals surface area contributed by atoms with Crippen LogP contribution >= 0.6 is 0 Å². The Kier molecular flexibility index (Phi) is 2.98. The second-order valence-corrected chi connectivity index (χ2v) is 5.92. The molecule has 116 valence electrons. The Morgan fingerprint density at radius 1 is 1.39 bits per heavy atom. The van der Waals surface area contributed by atoms with E-state index in [1.807, 2.05) is 19.1 Å². The van der Waals surface area contributed by atoms with E-state index in [4.69, 9.17) is 4.42 Å². The van der Waals surface area contributed by atoms with Crippen LogP contribution in [0.25, 0.3) is 11.0 Å². The SMILES string of the molecule is Cc1c(C(=O)N2CC(C)c3ncccc32)oc2ccc(F)cc12. The van der Waals surface area contributed by atoms with E-state index >= 15 is 0 Å². The van der Waals surface area contributed by atoms with Gasteiger partial charge in [0.2, 0.25) is 0 Å². The lowest BCUT2D eigenvalue weighted by Gasteiger charge is -2.16. The smallest absolute Gasteiger partial charge is 0.294 e. The molecular formula is C18H15FN2O2. The molecule has 1 amide bonds. The van der Waals surface area contributed by atoms with Crippen molar-refractivity contribution in [1.29, 1.82) is 0 Å². The van der Waals surface area contributed by atoms with Crippen molar-refractivity contribution in [3.05, 3.63) is 59.4 Å². The molecule has 0 radical (unpaired) electrons. The third-order valence-electron chi connectivity index (χ3n) is 4.37. The number of hydrogen-bond acceptors (Lipinski definition) is 3. The van der Waals surface area contributed by atoms with Crippen molar-refractivity contribution >= 4 is 22.6 Å². The van der Waals surface area contributed by atoms with E-state index in [0.29, 0.717) is 23.1 Å². The van der Waals surface area contributed by atoms with E-state index in [9.17, 15) is 9.18 Å². The maximum atomic E-state index is 13.4. The van der Waals surface area contributed by atoms with Gasteiger partial charge in [-0.2, -0.15) is 0 Å². The fourth-order valence-corrected chi connectivity index (χ4v) is 3.19. The summed E-state index contributed by atoms with van der Waals surface area (Å²) in [5.74, 6) is -0.116. The molecule has 3 aromatic rings. The monoisotopic (exact) mass is 310 g/mol. The van der Waals surface area contributed by atoms with Crippen LogP contribution in [0.3, 0.4) is 0 Å². The third-order valence-corrected chi connectivity index (χ3v) is 4.37. The Bertz CT molecular complexity index is 932. The number of aromatic nitrogens is 1. The molecule has 4 rings (SSSR count). The highest BCUT2D eigenvalue weighted by molar-refractivity contribution is 6.09. The Hall–Kier alpha value is -2.69. The molecule has 1 aliphatic heterocycles. The average molecular weight is 310 g/mol. The molecule has 2 aromatic heterocycles. The molecule has 0 spiro atoms. The summed E-state index contributed by atoms with van der Waals surface area (Å²) in [6.45, 7) is 4.39. The number of benzene rings is 1. The molecule has 4 nitrogen and oxygen atoms in total. The number of carbonyl (C=O) groups excluding carboxylic acids is 1. The van der Waals surface area contributed by atoms with Crippen molar-refractivity contribution in [1.82, 2.24) is 4.98 Å². The fourth-order valence-electron chi connectivity index (χ4n) is 3.19. The number of hydrogen-bond donors (Lipinski definition) is 0. The van der Waals surface area contributed by atoms with Crippen LogP contribution < -0.4 is 4.90 Å². The number of aryl methyl sites for hydroxylation is 1. The van der Waals surface area contributed by atoms with Gasteiger partial charge >= 0.3 is 0 Å². The molecule has 1 aromatic carbocycles. The fraction of sp³-hybridized carbons (Fsp3) is 0.222. The molecule has 0 N–H and O–H groups in total. The number of pyridine rings is 1. The van der Waals surface area contributed by atoms with Crippen LogP contribution in [-0.4, -0.2) is 17.4 Å². The van der Waals surface area contributed by atoms with Gasteiger partial charge in [-0.15, -0.1) is 0 Å². The van der Waals surface area contributed by atoms with Gasteiger partial charge in [-0.3, -0.25) is 9.78 Å². The van der Waals surface area contributed by atoms with Crippen molar-refractivity contribution in [2.24, 2.45) is 0 Å². The van der Waals surface area contributed by atoms with Crippen LogP contribution in [0.5, 0.6) is 0 Å². The van der Waals surface area contributed by atoms with Gasteiger partial charge in [-0.05, 0) is 37.3 Å². The lowest BCUT2D eigenvalue weighted by molar-refractivity contribution is 0.0963. The first-order valence-electron chi connectivity index (χ1n) is 7.51. The lowest BCUT2D eigenvalue weighted by atomic mass is 10.1. The number of anilines is 1. The first kappa shape index (κ1) is 13.9. The normalized spacial score (nSPS) is 16.8. The number of amides is 1. The molecule has 1 atom stereocenters. The van der Waals surface area contributed by atoms with Crippen molar-refractivity contribution in [3.8, 4) is 0 Å². The van der Waals surface area contributed by atoms with Gasteiger partial charge < -0.3 is 9.32 Å². The van der Waals surface area contributed by atoms with Gasteiger partial charge in [0.25, 0.3) is 5.91 Å². The van der Waals surface area contributed by atoms with E-state index in [2.05, 4.69) is 4.98 Å². The number of halogens is 1. The highest BCUT2D eigenvalue weighted by Gasteiger charge is 2.33. The topological polar surface area (TPSA) is 46.3 Å². The summed E-state index contributed by atoms with van der Waals surface area (Å²) in [4.78, 5) is 19.0. The van der Waals surface area contributed by atoms with E-state index in [-0.39, 0.29) is 23.4 Å². The summed E-state index contributed by atoms with van der Waals surface area (Å²) in [5, 5.41) is 0.631. The second kappa shape index (κ2) is 4.91. The number of rotatable bonds is 1. The molecule has 0 bridgehead atoms. The number of fused-ring (bicyclic) bond motifs is 2. The van der Waals surface area contributed by atoms with Gasteiger partial charge in [0, 0.05) is 29.6 Å². The molecule has 23 heavy (non-hydrogen) atoms. The van der Waals surface area contributed by atoms with Crippen LogP contribution in [0, 0.1) is 12.7 Å². The van der Waals surface area contributed by atoms with Crippen molar-refractivity contribution in [2.45, 2.75) is 19.8 Å². The highest BCUT2D eigenvalue weighted by Crippen LogP contribution is 2.36. The zero-order valence-electron chi connectivity index (χ0n) is 12.8. The Morgan fingerprint density at radius 2 is 2.22 bits per heavy atom. The number of furan rings is 1. The predicted octanol–water partition coefficient (Wildman–Crippen LogP) is 4.04. The van der Waals surface area contributed by atoms with Crippen LogP contribution in [0.1, 0.15) is 34.7 Å². The molecule has 0 fully saturated rings. The standard InChI is InChI=1S/C18H15FN2O2/c1-10-9-21(14-4-3-7-20-16(10)14)18(22)17-11(2)13-8-12(19)5-6-15(13)23-17/h3-8,10H,9H2,1-2H3. The number of carbonyl (C=O) groups is 1. The summed E-state index contributed by atoms with van der Waals surface area (Å²) < 4.78 is 19.1. The van der Waals surface area contributed by atoms with E-state index < -0.39 is 0 Å². The maximum absolute atomic E-state index is 13.4. The van der Waals surface area contributed by atoms with Gasteiger partial charge in [0.1, 0.15) is 11.4 Å². The minimum Gasteiger partial charge on any atom is -0.451 e. The average Bonchev–Trinajstić information content (AvgIpc) is 3.06. The van der Waals surface area contributed by atoms with Crippen LogP contribution in [0.2, 0.25) is 0 Å². The van der Waals surface area contributed by atoms with Gasteiger partial charge in [-0.25, -0.2) is 4.39 Å². The summed E-state index contributed by atoms with van der Waals surface area (Å²) in [6, 6.07) is 7.99. The van der Waals surface area contributed by atoms with E-state index in [1.165, 1.54) is 12.1 Å². The predicted molar refractivity (Wildman–Crippen MR) is 85.2 cm³/mol. The Balaban J connectivity index is 1.80. The molecule has 0 saturated carbocycles. The first-order chi connectivity index (χ1) is 11.1. The maximum Gasteiger partial charge on any atom is 0.294 e. The molecule has 5 heteroatoms. The first-order valence-corrected chi connectivity index (χ1v) is 7.51. The Labute approximate surface area is 132 Å². The summed E-state index contributed by atoms with van der Waals surface area (Å²) in [7, 11) is 0. The molecule has 0 aliphatic carbocycles. The minimum atomic E-state index is -0.343. The van der Waals surface area contributed by atoms with Gasteiger partial charge in [-0.1, -0.05) is 6.92 Å². The molecule has 1 unspecified atom stereocenters. The largest absolute Gasteiger partial charge is 0.451 e. The molecule has 3 heterocycles. The third kappa shape index (κ3) is 2.04. The van der Waals surface area contributed by atoms with Crippen molar-refractivity contribution in [2.75, 3.05) is 11.4 Å². The van der Waals surface area contributed by atoms with Gasteiger partial charge in [0.15, 0.2) is 5.76 Å². The van der Waals surface area contributed by atoms with Crippen LogP contribution in [-0.2, 0) is 0 Å². The number of nitrogens with zero attached hydrogens (tertiary/aromatic N) is 2. The lowest BCUT2D eigenvalue weighted by Crippen LogP contribution is -2.29. The molecular weight excluding hydrogens is 295 g/mol.